The summed E-state index contributed by atoms with van der Waals surface area (Å²) in [6.45, 7) is 0. The monoisotopic (exact) mass is 180 g/mol. The second-order valence-electron chi connectivity index (χ2n) is 2.74. The van der Waals surface area contributed by atoms with Crippen LogP contribution in [0.15, 0.2) is 30.3 Å². The molecule has 13 heavy (non-hydrogen) atoms. The van der Waals surface area contributed by atoms with Gasteiger partial charge in [-0.2, -0.15) is 4.39 Å². The SMILES string of the molecule is Oc1c(F)c(F)cc2ccccc12. The van der Waals surface area contributed by atoms with Crippen molar-refractivity contribution < 1.29 is 13.9 Å². The molecule has 0 saturated heterocycles. The van der Waals surface area contributed by atoms with E-state index < -0.39 is 17.4 Å². The van der Waals surface area contributed by atoms with E-state index in [1.54, 1.807) is 18.2 Å². The number of rotatable bonds is 0. The fourth-order valence-corrected chi connectivity index (χ4v) is 1.27. The van der Waals surface area contributed by atoms with E-state index in [9.17, 15) is 13.9 Å². The second kappa shape index (κ2) is 2.69. The summed E-state index contributed by atoms with van der Waals surface area (Å²) in [6.07, 6.45) is 0. The third kappa shape index (κ3) is 1.13. The van der Waals surface area contributed by atoms with E-state index in [-0.39, 0.29) is 0 Å². The van der Waals surface area contributed by atoms with Gasteiger partial charge in [0.2, 0.25) is 5.82 Å². The Bertz CT molecular complexity index is 466. The number of halogens is 2. The van der Waals surface area contributed by atoms with Gasteiger partial charge in [-0.3, -0.25) is 0 Å². The van der Waals surface area contributed by atoms with E-state index in [0.717, 1.165) is 6.07 Å². The van der Waals surface area contributed by atoms with Gasteiger partial charge >= 0.3 is 0 Å². The number of hydrogen-bond acceptors (Lipinski definition) is 1. The smallest absolute Gasteiger partial charge is 0.201 e. The van der Waals surface area contributed by atoms with E-state index in [4.69, 9.17) is 0 Å². The van der Waals surface area contributed by atoms with Crippen molar-refractivity contribution in [2.75, 3.05) is 0 Å². The lowest BCUT2D eigenvalue weighted by Crippen LogP contribution is -1.85. The highest BCUT2D eigenvalue weighted by molar-refractivity contribution is 5.88. The molecule has 0 unspecified atom stereocenters. The van der Waals surface area contributed by atoms with E-state index in [1.165, 1.54) is 6.07 Å². The molecule has 0 fully saturated rings. The van der Waals surface area contributed by atoms with Crippen LogP contribution >= 0.6 is 0 Å². The number of phenols is 1. The number of phenolic OH excluding ortho intramolecular Hbond substituents is 1. The van der Waals surface area contributed by atoms with Crippen LogP contribution in [0.3, 0.4) is 0 Å². The number of aromatic hydroxyl groups is 1. The minimum Gasteiger partial charge on any atom is -0.504 e. The topological polar surface area (TPSA) is 20.2 Å². The van der Waals surface area contributed by atoms with Crippen LogP contribution in [0.1, 0.15) is 0 Å². The van der Waals surface area contributed by atoms with Crippen molar-refractivity contribution in [2.45, 2.75) is 0 Å². The highest BCUT2D eigenvalue weighted by Gasteiger charge is 2.11. The zero-order valence-corrected chi connectivity index (χ0v) is 6.59. The molecule has 0 aliphatic rings. The number of fused-ring (bicyclic) bond motifs is 1. The molecule has 0 bridgehead atoms. The van der Waals surface area contributed by atoms with Crippen molar-refractivity contribution in [1.82, 2.24) is 0 Å². The maximum absolute atomic E-state index is 12.8. The van der Waals surface area contributed by atoms with E-state index in [0.29, 0.717) is 10.8 Å². The first-order valence-electron chi connectivity index (χ1n) is 3.76. The summed E-state index contributed by atoms with van der Waals surface area (Å²) in [7, 11) is 0. The fourth-order valence-electron chi connectivity index (χ4n) is 1.27. The molecule has 3 heteroatoms. The van der Waals surface area contributed by atoms with Gasteiger partial charge in [-0.05, 0) is 11.5 Å². The Hall–Kier alpha value is -1.64. The van der Waals surface area contributed by atoms with Gasteiger partial charge < -0.3 is 5.11 Å². The largest absolute Gasteiger partial charge is 0.504 e. The molecule has 2 aromatic rings. The molecule has 2 rings (SSSR count). The van der Waals surface area contributed by atoms with Crippen LogP contribution in [0.4, 0.5) is 8.78 Å². The molecule has 0 heterocycles. The van der Waals surface area contributed by atoms with E-state index in [1.807, 2.05) is 0 Å². The van der Waals surface area contributed by atoms with Crippen molar-refractivity contribution in [3.05, 3.63) is 42.0 Å². The Kier molecular flexibility index (Phi) is 1.65. The van der Waals surface area contributed by atoms with Gasteiger partial charge in [0.25, 0.3) is 0 Å². The van der Waals surface area contributed by atoms with Gasteiger partial charge in [0, 0.05) is 5.39 Å². The first kappa shape index (κ1) is 7.98. The lowest BCUT2D eigenvalue weighted by atomic mass is 10.1. The number of benzene rings is 2. The van der Waals surface area contributed by atoms with E-state index in [2.05, 4.69) is 0 Å². The quantitative estimate of drug-likeness (QED) is 0.660. The molecule has 0 aliphatic carbocycles. The predicted molar refractivity (Wildman–Crippen MR) is 45.5 cm³/mol. The standard InChI is InChI=1S/C10H6F2O/c11-8-5-6-3-1-2-4-7(6)10(13)9(8)12/h1-5,13H. The Morgan fingerprint density at radius 2 is 1.77 bits per heavy atom. The van der Waals surface area contributed by atoms with Crippen molar-refractivity contribution in [1.29, 1.82) is 0 Å². The van der Waals surface area contributed by atoms with Crippen LogP contribution < -0.4 is 0 Å². The van der Waals surface area contributed by atoms with Gasteiger partial charge in [0.1, 0.15) is 0 Å². The lowest BCUT2D eigenvalue weighted by Gasteiger charge is -2.02. The molecule has 0 atom stereocenters. The minimum absolute atomic E-state index is 0.321. The Labute approximate surface area is 73.2 Å². The molecule has 1 nitrogen and oxygen atoms in total. The maximum Gasteiger partial charge on any atom is 0.201 e. The summed E-state index contributed by atoms with van der Waals surface area (Å²) in [5.41, 5.74) is 0. The molecular weight excluding hydrogens is 174 g/mol. The molecule has 0 spiro atoms. The molecule has 0 aromatic heterocycles. The fraction of sp³-hybridized carbons (Fsp3) is 0. The maximum atomic E-state index is 12.8. The third-order valence-electron chi connectivity index (χ3n) is 1.92. The van der Waals surface area contributed by atoms with Gasteiger partial charge in [0.15, 0.2) is 11.6 Å². The third-order valence-corrected chi connectivity index (χ3v) is 1.92. The van der Waals surface area contributed by atoms with Crippen LogP contribution in [0.5, 0.6) is 5.75 Å². The van der Waals surface area contributed by atoms with Crippen LogP contribution in [-0.4, -0.2) is 5.11 Å². The molecular formula is C10H6F2O. The van der Waals surface area contributed by atoms with Crippen molar-refractivity contribution >= 4 is 10.8 Å². The van der Waals surface area contributed by atoms with Crippen molar-refractivity contribution in [2.24, 2.45) is 0 Å². The van der Waals surface area contributed by atoms with Crippen molar-refractivity contribution in [3.63, 3.8) is 0 Å². The molecule has 0 saturated carbocycles. The lowest BCUT2D eigenvalue weighted by molar-refractivity contribution is 0.413. The zero-order chi connectivity index (χ0) is 9.42. The Morgan fingerprint density at radius 3 is 2.54 bits per heavy atom. The van der Waals surface area contributed by atoms with Crippen LogP contribution in [0, 0.1) is 11.6 Å². The minimum atomic E-state index is -1.20. The molecule has 0 amide bonds. The zero-order valence-electron chi connectivity index (χ0n) is 6.59. The average molecular weight is 180 g/mol. The van der Waals surface area contributed by atoms with Gasteiger partial charge in [-0.1, -0.05) is 24.3 Å². The summed E-state index contributed by atoms with van der Waals surface area (Å²) < 4.78 is 25.6. The molecule has 1 N–H and O–H groups in total. The Morgan fingerprint density at radius 1 is 1.08 bits per heavy atom. The van der Waals surface area contributed by atoms with Crippen LogP contribution in [-0.2, 0) is 0 Å². The van der Waals surface area contributed by atoms with Gasteiger partial charge in [0.05, 0.1) is 0 Å². The summed E-state index contributed by atoms with van der Waals surface area (Å²) in [6, 6.07) is 7.55. The summed E-state index contributed by atoms with van der Waals surface area (Å²) in [5.74, 6) is -2.86. The number of hydrogen-bond donors (Lipinski definition) is 1. The van der Waals surface area contributed by atoms with E-state index >= 15 is 0 Å². The average Bonchev–Trinajstić information content (AvgIpc) is 2.15. The van der Waals surface area contributed by atoms with Crippen LogP contribution in [0.2, 0.25) is 0 Å². The van der Waals surface area contributed by atoms with Crippen molar-refractivity contribution in [3.8, 4) is 5.75 Å². The van der Waals surface area contributed by atoms with Gasteiger partial charge in [-0.25, -0.2) is 4.39 Å². The predicted octanol–water partition coefficient (Wildman–Crippen LogP) is 2.82. The first-order valence-corrected chi connectivity index (χ1v) is 3.76. The summed E-state index contributed by atoms with van der Waals surface area (Å²) in [5, 5.41) is 10.0. The summed E-state index contributed by atoms with van der Waals surface area (Å²) in [4.78, 5) is 0. The molecule has 0 radical (unpaired) electrons. The Balaban J connectivity index is 2.94. The molecule has 66 valence electrons. The molecule has 0 aliphatic heterocycles. The normalized spacial score (nSPS) is 10.6. The highest BCUT2D eigenvalue weighted by atomic mass is 19.2. The molecule has 2 aromatic carbocycles. The first-order chi connectivity index (χ1) is 6.20. The summed E-state index contributed by atoms with van der Waals surface area (Å²) >= 11 is 0. The second-order valence-corrected chi connectivity index (χ2v) is 2.74. The van der Waals surface area contributed by atoms with Gasteiger partial charge in [-0.15, -0.1) is 0 Å². The highest BCUT2D eigenvalue weighted by Crippen LogP contribution is 2.29. The van der Waals surface area contributed by atoms with Crippen LogP contribution in [0.25, 0.3) is 10.8 Å².